The number of rotatable bonds is 9. The average Bonchev–Trinajstić information content (AvgIpc) is 2.93. The Kier molecular flexibility index (Phi) is 9.04. The average molecular weight is 446 g/mol. The van der Waals surface area contributed by atoms with Gasteiger partial charge in [-0.05, 0) is 64.0 Å². The van der Waals surface area contributed by atoms with Crippen LogP contribution >= 0.6 is 11.6 Å². The number of sulfonamides is 1. The first-order chi connectivity index (χ1) is 13.7. The van der Waals surface area contributed by atoms with Gasteiger partial charge in [-0.1, -0.05) is 24.4 Å². The van der Waals surface area contributed by atoms with E-state index >= 15 is 0 Å². The van der Waals surface area contributed by atoms with Crippen LogP contribution in [-0.2, 0) is 14.8 Å². The lowest BCUT2D eigenvalue weighted by atomic mass is 10.2. The number of nitrogens with zero attached hydrogens (tertiary/aromatic N) is 2. The van der Waals surface area contributed by atoms with Crippen molar-refractivity contribution in [1.82, 2.24) is 10.2 Å². The summed E-state index contributed by atoms with van der Waals surface area (Å²) in [6, 6.07) is 3.76. The minimum Gasteiger partial charge on any atom is -0.495 e. The summed E-state index contributed by atoms with van der Waals surface area (Å²) in [4.78, 5) is 15.1. The fraction of sp³-hybridized carbons (Fsp3) is 0.650. The first-order valence-corrected chi connectivity index (χ1v) is 12.3. The van der Waals surface area contributed by atoms with Gasteiger partial charge in [0.25, 0.3) is 0 Å². The highest BCUT2D eigenvalue weighted by Crippen LogP contribution is 2.31. The molecule has 0 spiro atoms. The first-order valence-electron chi connectivity index (χ1n) is 10.1. The van der Waals surface area contributed by atoms with Crippen molar-refractivity contribution in [2.45, 2.75) is 45.1 Å². The number of likely N-dealkylation sites (tertiary alicyclic amines) is 1. The van der Waals surface area contributed by atoms with Gasteiger partial charge < -0.3 is 15.0 Å². The van der Waals surface area contributed by atoms with Crippen LogP contribution in [0.15, 0.2) is 18.2 Å². The molecule has 1 heterocycles. The van der Waals surface area contributed by atoms with Gasteiger partial charge in [-0.3, -0.25) is 9.10 Å². The summed E-state index contributed by atoms with van der Waals surface area (Å²) in [7, 11) is -2.20. The fourth-order valence-corrected chi connectivity index (χ4v) is 5.04. The van der Waals surface area contributed by atoms with Crippen LogP contribution in [0.1, 0.15) is 39.0 Å². The van der Waals surface area contributed by atoms with Crippen molar-refractivity contribution in [3.05, 3.63) is 23.2 Å². The predicted octanol–water partition coefficient (Wildman–Crippen LogP) is 2.89. The highest BCUT2D eigenvalue weighted by Gasteiger charge is 2.29. The molecule has 1 aliphatic rings. The number of methoxy groups -OCH3 is 1. The number of nitrogens with one attached hydrogen (secondary N) is 1. The van der Waals surface area contributed by atoms with Crippen LogP contribution in [0, 0.1) is 0 Å². The second-order valence-corrected chi connectivity index (χ2v) is 9.72. The molecule has 0 saturated carbocycles. The molecule has 164 valence electrons. The monoisotopic (exact) mass is 445 g/mol. The van der Waals surface area contributed by atoms with Gasteiger partial charge in [0.05, 0.1) is 24.1 Å². The molecule has 0 aliphatic carbocycles. The van der Waals surface area contributed by atoms with Gasteiger partial charge in [0, 0.05) is 6.54 Å². The van der Waals surface area contributed by atoms with E-state index in [1.165, 1.54) is 38.9 Å². The summed E-state index contributed by atoms with van der Waals surface area (Å²) >= 11 is 6.14. The van der Waals surface area contributed by atoms with Crippen LogP contribution in [-0.4, -0.2) is 64.8 Å². The van der Waals surface area contributed by atoms with Crippen LogP contribution in [0.2, 0.25) is 5.02 Å². The third-order valence-corrected chi connectivity index (χ3v) is 6.66. The number of ether oxygens (including phenoxy) is 1. The van der Waals surface area contributed by atoms with E-state index in [2.05, 4.69) is 10.2 Å². The van der Waals surface area contributed by atoms with Crippen LogP contribution in [0.25, 0.3) is 0 Å². The van der Waals surface area contributed by atoms with E-state index in [-0.39, 0.29) is 10.9 Å². The number of benzene rings is 1. The number of amides is 1. The highest BCUT2D eigenvalue weighted by molar-refractivity contribution is 7.92. The smallest absolute Gasteiger partial charge is 0.243 e. The van der Waals surface area contributed by atoms with E-state index in [4.69, 9.17) is 16.3 Å². The molecule has 1 atom stereocenters. The first kappa shape index (κ1) is 23.8. The standard InChI is InChI=1S/C20H32ClN3O4S/c1-16(20(25)22-11-8-14-23-12-6-4-5-7-13-23)24(29(3,26)27)17-9-10-19(28-2)18(21)15-17/h9-10,15-16H,4-8,11-14H2,1-3H3,(H,22,25)/t16-/m1/s1. The Morgan fingerprint density at radius 1 is 1.28 bits per heavy atom. The molecule has 1 N–H and O–H groups in total. The van der Waals surface area contributed by atoms with Crippen LogP contribution < -0.4 is 14.4 Å². The maximum absolute atomic E-state index is 12.6. The molecule has 2 rings (SSSR count). The van der Waals surface area contributed by atoms with Crippen LogP contribution in [0.5, 0.6) is 5.75 Å². The molecule has 0 radical (unpaired) electrons. The number of carbonyl (C=O) groups excluding carboxylic acids is 1. The Morgan fingerprint density at radius 3 is 2.48 bits per heavy atom. The van der Waals surface area contributed by atoms with Crippen LogP contribution in [0.3, 0.4) is 0 Å². The van der Waals surface area contributed by atoms with E-state index in [9.17, 15) is 13.2 Å². The van der Waals surface area contributed by atoms with Gasteiger partial charge >= 0.3 is 0 Å². The van der Waals surface area contributed by atoms with Crippen molar-refractivity contribution in [2.24, 2.45) is 0 Å². The normalized spacial score (nSPS) is 16.7. The lowest BCUT2D eigenvalue weighted by Gasteiger charge is -2.28. The van der Waals surface area contributed by atoms with Gasteiger partial charge in [-0.25, -0.2) is 8.42 Å². The number of halogens is 1. The molecule has 1 fully saturated rings. The molecule has 7 nitrogen and oxygen atoms in total. The molecule has 1 aromatic rings. The lowest BCUT2D eigenvalue weighted by molar-refractivity contribution is -0.121. The topological polar surface area (TPSA) is 79.0 Å². The number of hydrogen-bond acceptors (Lipinski definition) is 5. The molecule has 0 unspecified atom stereocenters. The van der Waals surface area contributed by atoms with Crippen molar-refractivity contribution < 1.29 is 17.9 Å². The fourth-order valence-electron chi connectivity index (χ4n) is 3.62. The largest absolute Gasteiger partial charge is 0.495 e. The molecule has 1 aliphatic heterocycles. The number of hydrogen-bond donors (Lipinski definition) is 1. The van der Waals surface area contributed by atoms with Gasteiger partial charge in [-0.2, -0.15) is 0 Å². The van der Waals surface area contributed by atoms with E-state index in [1.54, 1.807) is 19.1 Å². The number of anilines is 1. The van der Waals surface area contributed by atoms with Crippen molar-refractivity contribution in [1.29, 1.82) is 0 Å². The number of carbonyl (C=O) groups is 1. The third kappa shape index (κ3) is 7.04. The second-order valence-electron chi connectivity index (χ2n) is 7.45. The molecule has 1 aromatic carbocycles. The minimum atomic E-state index is -3.69. The Balaban J connectivity index is 1.97. The maximum Gasteiger partial charge on any atom is 0.243 e. The molecular weight excluding hydrogens is 414 g/mol. The molecular formula is C20H32ClN3O4S. The molecule has 1 saturated heterocycles. The van der Waals surface area contributed by atoms with Crippen molar-refractivity contribution >= 4 is 33.2 Å². The zero-order valence-corrected chi connectivity index (χ0v) is 19.1. The van der Waals surface area contributed by atoms with E-state index in [0.29, 0.717) is 18.0 Å². The second kappa shape index (κ2) is 11.0. The zero-order valence-electron chi connectivity index (χ0n) is 17.5. The van der Waals surface area contributed by atoms with E-state index in [0.717, 1.165) is 36.6 Å². The van der Waals surface area contributed by atoms with Crippen molar-refractivity contribution in [2.75, 3.05) is 43.8 Å². The molecule has 0 bridgehead atoms. The summed E-state index contributed by atoms with van der Waals surface area (Å²) in [6.45, 7) is 5.26. The third-order valence-electron chi connectivity index (χ3n) is 5.13. The summed E-state index contributed by atoms with van der Waals surface area (Å²) in [5.74, 6) is 0.104. The van der Waals surface area contributed by atoms with Gasteiger partial charge in [-0.15, -0.1) is 0 Å². The van der Waals surface area contributed by atoms with Crippen molar-refractivity contribution in [3.63, 3.8) is 0 Å². The summed E-state index contributed by atoms with van der Waals surface area (Å²) in [5.41, 5.74) is 0.325. The van der Waals surface area contributed by atoms with Crippen LogP contribution in [0.4, 0.5) is 5.69 Å². The summed E-state index contributed by atoms with van der Waals surface area (Å²) in [6.07, 6.45) is 6.97. The van der Waals surface area contributed by atoms with Gasteiger partial charge in [0.2, 0.25) is 15.9 Å². The Morgan fingerprint density at radius 2 is 1.93 bits per heavy atom. The summed E-state index contributed by atoms with van der Waals surface area (Å²) in [5, 5.41) is 3.15. The quantitative estimate of drug-likeness (QED) is 0.591. The molecule has 0 aromatic heterocycles. The van der Waals surface area contributed by atoms with E-state index < -0.39 is 16.1 Å². The lowest BCUT2D eigenvalue weighted by Crippen LogP contribution is -2.48. The van der Waals surface area contributed by atoms with Gasteiger partial charge in [0.1, 0.15) is 11.8 Å². The van der Waals surface area contributed by atoms with Gasteiger partial charge in [0.15, 0.2) is 0 Å². The minimum absolute atomic E-state index is 0.281. The molecule has 1 amide bonds. The highest BCUT2D eigenvalue weighted by atomic mass is 35.5. The molecule has 29 heavy (non-hydrogen) atoms. The molecule has 9 heteroatoms. The SMILES string of the molecule is COc1ccc(N([C@H](C)C(=O)NCCCN2CCCCCC2)S(C)(=O)=O)cc1Cl. The maximum atomic E-state index is 12.6. The predicted molar refractivity (Wildman–Crippen MR) is 117 cm³/mol. The summed E-state index contributed by atoms with van der Waals surface area (Å²) < 4.78 is 31.0. The Labute approximate surface area is 179 Å². The Bertz CT molecular complexity index is 780. The Hall–Kier alpha value is -1.51. The zero-order chi connectivity index (χ0) is 21.4. The van der Waals surface area contributed by atoms with E-state index in [1.807, 2.05) is 0 Å². The van der Waals surface area contributed by atoms with Crippen molar-refractivity contribution in [3.8, 4) is 5.75 Å².